The third-order valence-corrected chi connectivity index (χ3v) is 12.2. The monoisotopic (exact) mass is 1040 g/mol. The Morgan fingerprint density at radius 2 is 1.11 bits per heavy atom. The van der Waals surface area contributed by atoms with Gasteiger partial charge in [0.2, 0.25) is 5.89 Å². The van der Waals surface area contributed by atoms with Crippen molar-refractivity contribution in [3.05, 3.63) is 129 Å². The van der Waals surface area contributed by atoms with Crippen LogP contribution >= 0.6 is 23.2 Å². The Morgan fingerprint density at radius 3 is 1.52 bits per heavy atom. The lowest BCUT2D eigenvalue weighted by molar-refractivity contribution is -0.131. The number of piperazine rings is 2. The first kappa shape index (κ1) is 54.0. The fourth-order valence-electron chi connectivity index (χ4n) is 7.48. The van der Waals surface area contributed by atoms with Gasteiger partial charge in [0.1, 0.15) is 23.3 Å². The highest BCUT2D eigenvalue weighted by atomic mass is 35.5. The van der Waals surface area contributed by atoms with E-state index in [4.69, 9.17) is 27.6 Å². The Morgan fingerprint density at radius 1 is 0.634 bits per heavy atom. The number of likely N-dealkylation sites (N-methyl/N-ethyl adjacent to an activating group) is 2. The van der Waals surface area contributed by atoms with E-state index in [1.165, 1.54) is 58.3 Å². The molecule has 4 aromatic carbocycles. The van der Waals surface area contributed by atoms with Crippen molar-refractivity contribution in [2.24, 2.45) is 0 Å². The zero-order valence-corrected chi connectivity index (χ0v) is 39.7. The average Bonchev–Trinajstić information content (AvgIpc) is 3.88. The first-order valence-electron chi connectivity index (χ1n) is 22.1. The van der Waals surface area contributed by atoms with Crippen molar-refractivity contribution < 1.29 is 58.7 Å². The molecule has 0 aliphatic carbocycles. The second kappa shape index (κ2) is 24.7. The maximum absolute atomic E-state index is 15.0. The molecule has 2 saturated heterocycles. The zero-order chi connectivity index (χ0) is 51.5. The Kier molecular flexibility index (Phi) is 18.7. The first-order chi connectivity index (χ1) is 33.9. The topological polar surface area (TPSA) is 139 Å². The number of alkyl halides is 4. The molecule has 380 valence electrons. The summed E-state index contributed by atoms with van der Waals surface area (Å²) in [5.41, 5.74) is 0.751. The summed E-state index contributed by atoms with van der Waals surface area (Å²) in [5, 5.41) is 8.16. The molecule has 0 saturated carbocycles. The van der Waals surface area contributed by atoms with Crippen LogP contribution in [0.25, 0.3) is 11.5 Å². The van der Waals surface area contributed by atoms with E-state index in [1.54, 1.807) is 15.1 Å². The largest absolute Gasteiger partial charge is 0.415 e. The molecule has 2 fully saturated rings. The number of carbonyl (C=O) groups is 4. The van der Waals surface area contributed by atoms with Crippen molar-refractivity contribution in [1.82, 2.24) is 35.1 Å². The van der Waals surface area contributed by atoms with Gasteiger partial charge >= 0.3 is 24.9 Å². The van der Waals surface area contributed by atoms with Crippen LogP contribution in [-0.2, 0) is 17.9 Å². The van der Waals surface area contributed by atoms with Crippen LogP contribution in [0.2, 0.25) is 10.0 Å². The van der Waals surface area contributed by atoms with E-state index in [-0.39, 0.29) is 63.0 Å². The molecule has 2 aliphatic heterocycles. The molecule has 1 aromatic heterocycles. The van der Waals surface area contributed by atoms with Crippen molar-refractivity contribution in [2.75, 3.05) is 81.8 Å². The van der Waals surface area contributed by atoms with Crippen LogP contribution < -0.4 is 15.1 Å². The van der Waals surface area contributed by atoms with E-state index in [0.29, 0.717) is 58.0 Å². The summed E-state index contributed by atoms with van der Waals surface area (Å²) in [6.07, 6.45) is -6.22. The molecule has 24 heteroatoms. The lowest BCUT2D eigenvalue weighted by Crippen LogP contribution is -2.52. The maximum atomic E-state index is 15.0. The fraction of sp³-hybridized carbons (Fsp3) is 0.362. The van der Waals surface area contributed by atoms with Gasteiger partial charge in [0, 0.05) is 86.0 Å². The third-order valence-electron chi connectivity index (χ3n) is 11.7. The van der Waals surface area contributed by atoms with Gasteiger partial charge in [-0.25, -0.2) is 27.2 Å². The average molecular weight is 1040 g/mol. The molecule has 0 unspecified atom stereocenters. The first-order valence-corrected chi connectivity index (χ1v) is 22.9. The summed E-state index contributed by atoms with van der Waals surface area (Å²) >= 11 is 11.9. The standard InChI is InChI=1S/C24H25ClF4N4O3.C23H22ClF4N5O2/c1-2-31-7-9-32(10-8-31)24(36)33(17-5-6-19(26)18(25)12-17)14-16-4-3-15(11-20(16)27)21(34)13-30-23(35)22(28)29;1-2-31-7-9-32(10-8-31)23(34)33(16-5-6-18(25)17(24)12-16)13-15-4-3-14(11-19(15)26)21-29-30-22(35-21)20(27)28/h3-6,11-12,22H,2,7-10,13-14H2,1H3,(H,30,35);3-6,11-12,20H,2,7-10,13H2,1H3. The number of carbonyl (C=O) groups excluding carboxylic acids is 4. The number of hydrogen-bond acceptors (Lipinski definition) is 9. The van der Waals surface area contributed by atoms with E-state index in [0.717, 1.165) is 37.4 Å². The second-order valence-electron chi connectivity index (χ2n) is 16.1. The number of rotatable bonds is 14. The van der Waals surface area contributed by atoms with Crippen molar-refractivity contribution in [1.29, 1.82) is 0 Å². The van der Waals surface area contributed by atoms with Crippen LogP contribution in [0.3, 0.4) is 0 Å². The molecule has 5 aromatic rings. The van der Waals surface area contributed by atoms with Gasteiger partial charge in [-0.2, -0.15) is 17.6 Å². The fourth-order valence-corrected chi connectivity index (χ4v) is 7.83. The highest BCUT2D eigenvalue weighted by molar-refractivity contribution is 6.31. The molecule has 14 nitrogen and oxygen atoms in total. The van der Waals surface area contributed by atoms with Crippen LogP contribution in [0.5, 0.6) is 0 Å². The number of nitrogens with zero attached hydrogens (tertiary/aromatic N) is 8. The van der Waals surface area contributed by atoms with Gasteiger partial charge in [-0.15, -0.1) is 10.2 Å². The summed E-state index contributed by atoms with van der Waals surface area (Å²) in [6, 6.07) is 14.2. The molecule has 5 amide bonds. The quantitative estimate of drug-likeness (QED) is 0.0852. The third kappa shape index (κ3) is 14.0. The van der Waals surface area contributed by atoms with Gasteiger partial charge in [-0.1, -0.05) is 55.2 Å². The van der Waals surface area contributed by atoms with E-state index >= 15 is 4.39 Å². The summed E-state index contributed by atoms with van der Waals surface area (Å²) in [7, 11) is 0. The maximum Gasteiger partial charge on any atom is 0.324 e. The normalized spacial score (nSPS) is 14.3. The second-order valence-corrected chi connectivity index (χ2v) is 16.9. The summed E-state index contributed by atoms with van der Waals surface area (Å²) < 4.78 is 112. The number of Topliss-reactive ketones (excluding diaryl/α,β-unsaturated/α-hetero) is 1. The summed E-state index contributed by atoms with van der Waals surface area (Å²) in [4.78, 5) is 60.2. The molecule has 0 radical (unpaired) electrons. The number of aromatic nitrogens is 2. The van der Waals surface area contributed by atoms with Gasteiger partial charge in [-0.3, -0.25) is 19.4 Å². The van der Waals surface area contributed by atoms with E-state index < -0.39 is 66.3 Å². The number of anilines is 2. The SMILES string of the molecule is CCN1CCN(C(=O)N(Cc2ccc(-c3nnc(C(F)F)o3)cc2F)c2ccc(F)c(Cl)c2)CC1.CCN1CCN(C(=O)N(Cc2ccc(C(=O)CNC(=O)C(F)F)cc2F)c2ccc(F)c(Cl)c2)CC1. The molecule has 71 heavy (non-hydrogen) atoms. The molecular weight excluding hydrogens is 993 g/mol. The zero-order valence-electron chi connectivity index (χ0n) is 38.2. The van der Waals surface area contributed by atoms with E-state index in [1.807, 2.05) is 13.8 Å². The molecule has 0 bridgehead atoms. The molecule has 0 spiro atoms. The van der Waals surface area contributed by atoms with Crippen molar-refractivity contribution in [3.63, 3.8) is 0 Å². The predicted molar refractivity (Wildman–Crippen MR) is 248 cm³/mol. The lowest BCUT2D eigenvalue weighted by atomic mass is 10.1. The van der Waals surface area contributed by atoms with E-state index in [9.17, 15) is 49.9 Å². The number of hydrogen-bond donors (Lipinski definition) is 1. The van der Waals surface area contributed by atoms with Gasteiger partial charge in [-0.05, 0) is 67.7 Å². The molecule has 7 rings (SSSR count). The molecule has 1 N–H and O–H groups in total. The van der Waals surface area contributed by atoms with Gasteiger partial charge in [0.25, 0.3) is 11.8 Å². The van der Waals surface area contributed by atoms with Crippen molar-refractivity contribution in [2.45, 2.75) is 39.8 Å². The summed E-state index contributed by atoms with van der Waals surface area (Å²) in [6.45, 7) is 9.30. The molecular formula is C47H47Cl2F8N9O5. The molecule has 3 heterocycles. The van der Waals surface area contributed by atoms with Gasteiger partial charge in [0.05, 0.1) is 29.7 Å². The Balaban J connectivity index is 0.000000232. The number of amides is 5. The van der Waals surface area contributed by atoms with Gasteiger partial charge in [0.15, 0.2) is 5.78 Å². The lowest BCUT2D eigenvalue weighted by Gasteiger charge is -2.37. The number of urea groups is 2. The van der Waals surface area contributed by atoms with Gasteiger partial charge < -0.3 is 29.3 Å². The Bertz CT molecular complexity index is 2690. The minimum Gasteiger partial charge on any atom is -0.415 e. The van der Waals surface area contributed by atoms with Crippen LogP contribution in [0.15, 0.2) is 77.2 Å². The molecule has 2 aliphatic rings. The number of halogens is 10. The van der Waals surface area contributed by atoms with Crippen LogP contribution in [0, 0.1) is 23.3 Å². The summed E-state index contributed by atoms with van der Waals surface area (Å²) in [5.74, 6) is -6.32. The van der Waals surface area contributed by atoms with Crippen molar-refractivity contribution >= 4 is 58.3 Å². The minimum atomic E-state index is -3.27. The highest BCUT2D eigenvalue weighted by Crippen LogP contribution is 2.30. The van der Waals surface area contributed by atoms with Crippen LogP contribution in [0.4, 0.5) is 56.1 Å². The minimum absolute atomic E-state index is 0.0594. The van der Waals surface area contributed by atoms with Crippen molar-refractivity contribution in [3.8, 4) is 11.5 Å². The van der Waals surface area contributed by atoms with Crippen LogP contribution in [0.1, 0.15) is 47.6 Å². The molecule has 0 atom stereocenters. The number of benzene rings is 4. The highest BCUT2D eigenvalue weighted by Gasteiger charge is 2.30. The Labute approximate surface area is 412 Å². The van der Waals surface area contributed by atoms with E-state index in [2.05, 4.69) is 20.0 Å². The predicted octanol–water partition coefficient (Wildman–Crippen LogP) is 9.32. The smallest absolute Gasteiger partial charge is 0.324 e. The number of ketones is 1. The van der Waals surface area contributed by atoms with Crippen LogP contribution in [-0.4, -0.2) is 132 Å². The number of nitrogens with one attached hydrogen (secondary N) is 1. The Hall–Kier alpha value is -6.36.